The fourth-order valence-electron chi connectivity index (χ4n) is 0.750. The minimum atomic E-state index is -4.39. The second kappa shape index (κ2) is 4.60. The Hall–Kier alpha value is -0.580. The van der Waals surface area contributed by atoms with E-state index in [-0.39, 0.29) is 24.5 Å². The zero-order chi connectivity index (χ0) is 10.6. The highest BCUT2D eigenvalue weighted by Gasteiger charge is 2.36. The van der Waals surface area contributed by atoms with E-state index in [1.807, 2.05) is 0 Å². The van der Waals surface area contributed by atoms with E-state index in [0.29, 0.717) is 0 Å². The third-order valence-electron chi connectivity index (χ3n) is 1.77. The zero-order valence-electron chi connectivity index (χ0n) is 7.69. The molecule has 0 aliphatic carbocycles. The van der Waals surface area contributed by atoms with Crippen LogP contribution in [0.3, 0.4) is 0 Å². The monoisotopic (exact) mass is 197 g/mol. The van der Waals surface area contributed by atoms with Crippen molar-refractivity contribution < 1.29 is 18.0 Å². The number of Topliss-reactive ketones (excluding diaryl/α,β-unsaturated/α-hetero) is 1. The van der Waals surface area contributed by atoms with Crippen LogP contribution in [0, 0.1) is 5.92 Å². The normalized spacial score (nSPS) is 14.7. The summed E-state index contributed by atoms with van der Waals surface area (Å²) >= 11 is 0. The van der Waals surface area contributed by atoms with Gasteiger partial charge in [-0.25, -0.2) is 0 Å². The Morgan fingerprint density at radius 3 is 2.15 bits per heavy atom. The summed E-state index contributed by atoms with van der Waals surface area (Å²) in [4.78, 5) is 11.0. The van der Waals surface area contributed by atoms with Gasteiger partial charge < -0.3 is 5.73 Å². The topological polar surface area (TPSA) is 43.1 Å². The van der Waals surface area contributed by atoms with Gasteiger partial charge in [0.25, 0.3) is 0 Å². The molecule has 0 aliphatic heterocycles. The Morgan fingerprint density at radius 2 is 1.85 bits per heavy atom. The first-order valence-corrected chi connectivity index (χ1v) is 4.10. The Morgan fingerprint density at radius 1 is 1.38 bits per heavy atom. The summed E-state index contributed by atoms with van der Waals surface area (Å²) in [6.07, 6.45) is -4.81. The van der Waals surface area contributed by atoms with Gasteiger partial charge in [-0.1, -0.05) is 13.8 Å². The van der Waals surface area contributed by atoms with Crippen LogP contribution in [0.25, 0.3) is 0 Å². The fourth-order valence-corrected chi connectivity index (χ4v) is 0.750. The standard InChI is InChI=1S/C8H14F3NO/c1-5(2)6(13)3-4-7(12)8(9,10)11/h5,7H,3-4,12H2,1-2H3. The van der Waals surface area contributed by atoms with Crippen LogP contribution in [0.4, 0.5) is 13.2 Å². The van der Waals surface area contributed by atoms with E-state index < -0.39 is 12.2 Å². The van der Waals surface area contributed by atoms with Crippen LogP contribution in [0.2, 0.25) is 0 Å². The first kappa shape index (κ1) is 12.4. The molecule has 0 bridgehead atoms. The van der Waals surface area contributed by atoms with Crippen LogP contribution in [0.1, 0.15) is 26.7 Å². The summed E-state index contributed by atoms with van der Waals surface area (Å²) in [6.45, 7) is 3.31. The van der Waals surface area contributed by atoms with Gasteiger partial charge in [-0.05, 0) is 6.42 Å². The van der Waals surface area contributed by atoms with E-state index in [1.165, 1.54) is 0 Å². The maximum absolute atomic E-state index is 11.9. The fraction of sp³-hybridized carbons (Fsp3) is 0.875. The zero-order valence-corrected chi connectivity index (χ0v) is 7.69. The molecule has 0 heterocycles. The van der Waals surface area contributed by atoms with E-state index in [4.69, 9.17) is 5.73 Å². The molecule has 0 aromatic heterocycles. The van der Waals surface area contributed by atoms with Crippen molar-refractivity contribution in [2.24, 2.45) is 11.7 Å². The van der Waals surface area contributed by atoms with Gasteiger partial charge >= 0.3 is 6.18 Å². The van der Waals surface area contributed by atoms with Crippen LogP contribution >= 0.6 is 0 Å². The average molecular weight is 197 g/mol. The third kappa shape index (κ3) is 4.87. The maximum atomic E-state index is 11.9. The molecule has 0 aromatic rings. The molecular formula is C8H14F3NO. The van der Waals surface area contributed by atoms with Crippen molar-refractivity contribution >= 4 is 5.78 Å². The van der Waals surface area contributed by atoms with Gasteiger partial charge in [0.1, 0.15) is 11.8 Å². The molecule has 0 radical (unpaired) electrons. The molecule has 0 spiro atoms. The molecule has 0 fully saturated rings. The van der Waals surface area contributed by atoms with Crippen molar-refractivity contribution in [3.63, 3.8) is 0 Å². The van der Waals surface area contributed by atoms with Gasteiger partial charge in [-0.3, -0.25) is 4.79 Å². The Balaban J connectivity index is 3.84. The highest BCUT2D eigenvalue weighted by Crippen LogP contribution is 2.21. The summed E-state index contributed by atoms with van der Waals surface area (Å²) in [5.41, 5.74) is 4.82. The minimum Gasteiger partial charge on any atom is -0.320 e. The molecule has 0 saturated carbocycles. The first-order chi connectivity index (χ1) is 5.75. The lowest BCUT2D eigenvalue weighted by Crippen LogP contribution is -2.37. The molecule has 5 heteroatoms. The SMILES string of the molecule is CC(C)C(=O)CCC(N)C(F)(F)F. The van der Waals surface area contributed by atoms with Gasteiger partial charge in [0.05, 0.1) is 0 Å². The number of carbonyl (C=O) groups excluding carboxylic acids is 1. The van der Waals surface area contributed by atoms with Crippen LogP contribution in [-0.4, -0.2) is 18.0 Å². The van der Waals surface area contributed by atoms with E-state index in [9.17, 15) is 18.0 Å². The minimum absolute atomic E-state index is 0.0989. The number of alkyl halides is 3. The number of rotatable bonds is 4. The number of nitrogens with two attached hydrogens (primary N) is 1. The van der Waals surface area contributed by atoms with Crippen molar-refractivity contribution in [2.75, 3.05) is 0 Å². The van der Waals surface area contributed by atoms with Gasteiger partial charge in [-0.15, -0.1) is 0 Å². The molecule has 0 saturated heterocycles. The smallest absolute Gasteiger partial charge is 0.320 e. The molecule has 0 rings (SSSR count). The summed E-state index contributed by atoms with van der Waals surface area (Å²) in [7, 11) is 0. The van der Waals surface area contributed by atoms with Crippen molar-refractivity contribution in [1.29, 1.82) is 0 Å². The summed E-state index contributed by atoms with van der Waals surface area (Å²) in [6, 6.07) is -1.88. The first-order valence-electron chi connectivity index (χ1n) is 4.10. The van der Waals surface area contributed by atoms with Crippen LogP contribution in [0.5, 0.6) is 0 Å². The van der Waals surface area contributed by atoms with Gasteiger partial charge in [0.15, 0.2) is 0 Å². The number of hydrogen-bond acceptors (Lipinski definition) is 2. The quantitative estimate of drug-likeness (QED) is 0.747. The van der Waals surface area contributed by atoms with Crippen molar-refractivity contribution in [2.45, 2.75) is 38.9 Å². The highest BCUT2D eigenvalue weighted by molar-refractivity contribution is 5.80. The van der Waals surface area contributed by atoms with E-state index in [2.05, 4.69) is 0 Å². The van der Waals surface area contributed by atoms with Crippen molar-refractivity contribution in [1.82, 2.24) is 0 Å². The summed E-state index contributed by atoms with van der Waals surface area (Å²) in [5.74, 6) is -0.403. The Bertz CT molecular complexity index is 177. The lowest BCUT2D eigenvalue weighted by molar-refractivity contribution is -0.150. The molecule has 0 aliphatic rings. The largest absolute Gasteiger partial charge is 0.403 e. The molecule has 2 nitrogen and oxygen atoms in total. The predicted octanol–water partition coefficient (Wildman–Crippen LogP) is 1.88. The molecule has 1 unspecified atom stereocenters. The second-order valence-corrected chi connectivity index (χ2v) is 3.31. The Kier molecular flexibility index (Phi) is 4.39. The average Bonchev–Trinajstić information content (AvgIpc) is 1.97. The number of carbonyl (C=O) groups is 1. The van der Waals surface area contributed by atoms with E-state index >= 15 is 0 Å². The van der Waals surface area contributed by atoms with E-state index in [0.717, 1.165) is 0 Å². The lowest BCUT2D eigenvalue weighted by Gasteiger charge is -2.15. The van der Waals surface area contributed by atoms with Crippen molar-refractivity contribution in [3.05, 3.63) is 0 Å². The number of hydrogen-bond donors (Lipinski definition) is 1. The number of ketones is 1. The summed E-state index contributed by atoms with van der Waals surface area (Å²) < 4.78 is 35.6. The third-order valence-corrected chi connectivity index (χ3v) is 1.77. The number of halogens is 3. The Labute approximate surface area is 75.3 Å². The molecule has 13 heavy (non-hydrogen) atoms. The van der Waals surface area contributed by atoms with Crippen LogP contribution < -0.4 is 5.73 Å². The van der Waals surface area contributed by atoms with E-state index in [1.54, 1.807) is 13.8 Å². The highest BCUT2D eigenvalue weighted by atomic mass is 19.4. The molecule has 1 atom stereocenters. The molecule has 78 valence electrons. The van der Waals surface area contributed by atoms with Crippen LogP contribution in [0.15, 0.2) is 0 Å². The molecule has 0 aromatic carbocycles. The van der Waals surface area contributed by atoms with Crippen molar-refractivity contribution in [3.8, 4) is 0 Å². The van der Waals surface area contributed by atoms with Gasteiger partial charge in [0, 0.05) is 12.3 Å². The predicted molar refractivity (Wildman–Crippen MR) is 43.1 cm³/mol. The van der Waals surface area contributed by atoms with Gasteiger partial charge in [0.2, 0.25) is 0 Å². The lowest BCUT2D eigenvalue weighted by atomic mass is 10.0. The van der Waals surface area contributed by atoms with Gasteiger partial charge in [-0.2, -0.15) is 13.2 Å². The summed E-state index contributed by atoms with van der Waals surface area (Å²) in [5, 5.41) is 0. The van der Waals surface area contributed by atoms with Crippen LogP contribution in [-0.2, 0) is 4.79 Å². The molecular weight excluding hydrogens is 183 g/mol. The molecule has 0 amide bonds. The second-order valence-electron chi connectivity index (χ2n) is 3.31. The maximum Gasteiger partial charge on any atom is 0.403 e. The molecule has 2 N–H and O–H groups in total.